The van der Waals surface area contributed by atoms with Crippen molar-refractivity contribution in [3.8, 4) is 0 Å². The highest BCUT2D eigenvalue weighted by molar-refractivity contribution is 6.28. The van der Waals surface area contributed by atoms with Crippen LogP contribution in [0.3, 0.4) is 0 Å². The minimum Gasteiger partial charge on any atom is -0.444 e. The van der Waals surface area contributed by atoms with Crippen LogP contribution >= 0.6 is 11.6 Å². The molecule has 3 heterocycles. The Balaban J connectivity index is 1.87. The van der Waals surface area contributed by atoms with Crippen molar-refractivity contribution in [1.29, 1.82) is 0 Å². The molecule has 7 nitrogen and oxygen atoms in total. The molecule has 0 saturated carbocycles. The highest BCUT2D eigenvalue weighted by atomic mass is 35.5. The largest absolute Gasteiger partial charge is 0.444 e. The molecule has 0 bridgehead atoms. The minimum absolute atomic E-state index is 0.141. The van der Waals surface area contributed by atoms with Gasteiger partial charge in [0, 0.05) is 0 Å². The number of hydrogen-bond acceptors (Lipinski definition) is 6. The van der Waals surface area contributed by atoms with Crippen molar-refractivity contribution < 1.29 is 4.42 Å². The summed E-state index contributed by atoms with van der Waals surface area (Å²) in [5.74, 6) is 1.97. The Bertz CT molecular complexity index is 714. The third-order valence-corrected chi connectivity index (χ3v) is 2.91. The molecule has 2 N–H and O–H groups in total. The zero-order valence-electron chi connectivity index (χ0n) is 10.4. The Labute approximate surface area is 113 Å². The third-order valence-electron chi connectivity index (χ3n) is 2.74. The molecule has 8 heteroatoms. The number of nitrogens with zero attached hydrogens (tertiary/aromatic N) is 4. The lowest BCUT2D eigenvalue weighted by Crippen LogP contribution is -2.03. The molecule has 0 saturated heterocycles. The third kappa shape index (κ3) is 2.24. The van der Waals surface area contributed by atoms with Crippen LogP contribution < -0.4 is 5.32 Å². The van der Waals surface area contributed by atoms with Gasteiger partial charge in [-0.15, -0.1) is 0 Å². The number of anilines is 1. The number of aryl methyl sites for hydroxylation is 2. The molecule has 3 aromatic heterocycles. The van der Waals surface area contributed by atoms with Crippen molar-refractivity contribution in [2.45, 2.75) is 20.4 Å². The summed E-state index contributed by atoms with van der Waals surface area (Å²) in [6.07, 6.45) is 1.54. The molecule has 0 amide bonds. The minimum atomic E-state index is 0.141. The molecular formula is C11H11ClN6O. The maximum absolute atomic E-state index is 5.84. The van der Waals surface area contributed by atoms with E-state index < -0.39 is 0 Å². The van der Waals surface area contributed by atoms with E-state index in [1.54, 1.807) is 6.33 Å². The molecule has 0 atom stereocenters. The van der Waals surface area contributed by atoms with Crippen molar-refractivity contribution in [2.75, 3.05) is 5.32 Å². The maximum atomic E-state index is 5.84. The molecule has 98 valence electrons. The highest BCUT2D eigenvalue weighted by Crippen LogP contribution is 2.19. The van der Waals surface area contributed by atoms with E-state index in [9.17, 15) is 0 Å². The molecule has 0 spiro atoms. The van der Waals surface area contributed by atoms with Crippen LogP contribution in [0.15, 0.2) is 10.7 Å². The van der Waals surface area contributed by atoms with Crippen LogP contribution in [0.1, 0.15) is 17.3 Å². The molecule has 0 aliphatic carbocycles. The molecule has 0 aliphatic rings. The van der Waals surface area contributed by atoms with Gasteiger partial charge in [0.05, 0.1) is 18.6 Å². The van der Waals surface area contributed by atoms with E-state index in [1.165, 1.54) is 0 Å². The summed E-state index contributed by atoms with van der Waals surface area (Å²) in [6.45, 7) is 4.19. The molecule has 0 unspecified atom stereocenters. The van der Waals surface area contributed by atoms with Crippen LogP contribution in [0, 0.1) is 13.8 Å². The number of fused-ring (bicyclic) bond motifs is 1. The quantitative estimate of drug-likeness (QED) is 0.714. The number of aromatic amines is 1. The fourth-order valence-corrected chi connectivity index (χ4v) is 1.87. The topological polar surface area (TPSA) is 92.5 Å². The van der Waals surface area contributed by atoms with E-state index >= 15 is 0 Å². The Morgan fingerprint density at radius 2 is 2.16 bits per heavy atom. The number of H-pyrrole nitrogens is 1. The number of halogens is 1. The van der Waals surface area contributed by atoms with Crippen LogP contribution in [0.4, 0.5) is 5.82 Å². The second kappa shape index (κ2) is 4.51. The normalized spacial score (nSPS) is 11.1. The van der Waals surface area contributed by atoms with Crippen molar-refractivity contribution in [3.05, 3.63) is 29.0 Å². The van der Waals surface area contributed by atoms with Crippen molar-refractivity contribution in [2.24, 2.45) is 0 Å². The lowest BCUT2D eigenvalue weighted by atomic mass is 10.4. The number of hydrogen-bond donors (Lipinski definition) is 2. The lowest BCUT2D eigenvalue weighted by molar-refractivity contribution is 0.478. The van der Waals surface area contributed by atoms with Gasteiger partial charge in [-0.05, 0) is 25.4 Å². The van der Waals surface area contributed by atoms with E-state index in [2.05, 4.69) is 30.2 Å². The second-order valence-corrected chi connectivity index (χ2v) is 4.38. The predicted octanol–water partition coefficient (Wildman–Crippen LogP) is 2.22. The van der Waals surface area contributed by atoms with Gasteiger partial charge >= 0.3 is 0 Å². The predicted molar refractivity (Wildman–Crippen MR) is 70.0 cm³/mol. The summed E-state index contributed by atoms with van der Waals surface area (Å²) < 4.78 is 5.48. The first-order valence-corrected chi connectivity index (χ1v) is 6.04. The van der Waals surface area contributed by atoms with Crippen LogP contribution in [0.25, 0.3) is 11.2 Å². The first kappa shape index (κ1) is 11.9. The number of aromatic nitrogens is 5. The zero-order valence-corrected chi connectivity index (χ0v) is 11.1. The molecule has 0 fully saturated rings. The standard InChI is InChI=1S/C11H11ClN6O/c1-5-6(2)19-7(16-5)3-13-9-8-10(15-4-14-8)18-11(12)17-9/h4H,3H2,1-2H3,(H2,13,14,15,17,18). The molecule has 19 heavy (non-hydrogen) atoms. The summed E-state index contributed by atoms with van der Waals surface area (Å²) in [4.78, 5) is 19.4. The fourth-order valence-electron chi connectivity index (χ4n) is 1.71. The van der Waals surface area contributed by atoms with Gasteiger partial charge in [0.15, 0.2) is 11.5 Å². The van der Waals surface area contributed by atoms with Gasteiger partial charge in [0.1, 0.15) is 11.3 Å². The number of imidazole rings is 1. The molecule has 3 aromatic rings. The fraction of sp³-hybridized carbons (Fsp3) is 0.273. The Morgan fingerprint density at radius 3 is 2.89 bits per heavy atom. The van der Waals surface area contributed by atoms with Gasteiger partial charge in [0.25, 0.3) is 0 Å². The van der Waals surface area contributed by atoms with E-state index in [0.29, 0.717) is 29.4 Å². The first-order valence-electron chi connectivity index (χ1n) is 5.67. The molecule has 0 aromatic carbocycles. The van der Waals surface area contributed by atoms with E-state index in [4.69, 9.17) is 16.0 Å². The smallest absolute Gasteiger partial charge is 0.226 e. The van der Waals surface area contributed by atoms with E-state index in [0.717, 1.165) is 11.5 Å². The van der Waals surface area contributed by atoms with Gasteiger partial charge in [-0.25, -0.2) is 9.97 Å². The van der Waals surface area contributed by atoms with Crippen LogP contribution in [-0.2, 0) is 6.54 Å². The monoisotopic (exact) mass is 278 g/mol. The van der Waals surface area contributed by atoms with Crippen LogP contribution in [0.2, 0.25) is 5.28 Å². The van der Waals surface area contributed by atoms with Crippen molar-refractivity contribution in [1.82, 2.24) is 24.9 Å². The summed E-state index contributed by atoms with van der Waals surface area (Å²) in [7, 11) is 0. The molecule has 3 rings (SSSR count). The molecule has 0 aliphatic heterocycles. The Morgan fingerprint density at radius 1 is 1.32 bits per heavy atom. The second-order valence-electron chi connectivity index (χ2n) is 4.05. The zero-order chi connectivity index (χ0) is 13.4. The summed E-state index contributed by atoms with van der Waals surface area (Å²) >= 11 is 5.84. The number of oxazole rings is 1. The van der Waals surface area contributed by atoms with Crippen LogP contribution in [-0.4, -0.2) is 24.9 Å². The summed E-state index contributed by atoms with van der Waals surface area (Å²) in [5.41, 5.74) is 2.09. The molecular weight excluding hydrogens is 268 g/mol. The summed E-state index contributed by atoms with van der Waals surface area (Å²) in [6, 6.07) is 0. The van der Waals surface area contributed by atoms with Crippen LogP contribution in [0.5, 0.6) is 0 Å². The first-order chi connectivity index (χ1) is 9.13. The number of rotatable bonds is 3. The highest BCUT2D eigenvalue weighted by Gasteiger charge is 2.10. The van der Waals surface area contributed by atoms with Crippen molar-refractivity contribution in [3.63, 3.8) is 0 Å². The van der Waals surface area contributed by atoms with Gasteiger partial charge in [-0.1, -0.05) is 0 Å². The van der Waals surface area contributed by atoms with Gasteiger partial charge in [-0.2, -0.15) is 9.97 Å². The Hall–Kier alpha value is -2.15. The Kier molecular flexibility index (Phi) is 2.83. The number of nitrogens with one attached hydrogen (secondary N) is 2. The average Bonchev–Trinajstić information content (AvgIpc) is 2.94. The van der Waals surface area contributed by atoms with Crippen molar-refractivity contribution >= 4 is 28.6 Å². The average molecular weight is 279 g/mol. The van der Waals surface area contributed by atoms with E-state index in [1.807, 2.05) is 13.8 Å². The molecule has 0 radical (unpaired) electrons. The van der Waals surface area contributed by atoms with Gasteiger partial charge < -0.3 is 14.7 Å². The SMILES string of the molecule is Cc1nc(CNc2nc(Cl)nc3nc[nH]c23)oc1C. The lowest BCUT2D eigenvalue weighted by Gasteiger charge is -2.03. The maximum Gasteiger partial charge on any atom is 0.226 e. The van der Waals surface area contributed by atoms with E-state index in [-0.39, 0.29) is 5.28 Å². The summed E-state index contributed by atoms with van der Waals surface area (Å²) in [5, 5.41) is 3.25. The van der Waals surface area contributed by atoms with Gasteiger partial charge in [0.2, 0.25) is 11.2 Å². The van der Waals surface area contributed by atoms with Gasteiger partial charge in [-0.3, -0.25) is 0 Å².